The number of likely N-dealkylation sites (tertiary alicyclic amines) is 1. The van der Waals surface area contributed by atoms with Gasteiger partial charge < -0.3 is 14.4 Å². The van der Waals surface area contributed by atoms with Crippen LogP contribution in [0.15, 0.2) is 24.3 Å². The number of aromatic nitrogens is 4. The van der Waals surface area contributed by atoms with Crippen molar-refractivity contribution in [1.82, 2.24) is 19.8 Å². The van der Waals surface area contributed by atoms with Gasteiger partial charge in [0, 0.05) is 12.8 Å². The number of quaternary nitrogens is 1. The quantitative estimate of drug-likeness (QED) is 0.587. The van der Waals surface area contributed by atoms with E-state index in [1.165, 1.54) is 4.90 Å². The van der Waals surface area contributed by atoms with E-state index in [1.54, 1.807) is 16.5 Å². The van der Waals surface area contributed by atoms with Gasteiger partial charge in [-0.05, 0) is 53.8 Å². The van der Waals surface area contributed by atoms with Crippen LogP contribution in [0.3, 0.4) is 0 Å². The molecule has 1 aliphatic rings. The van der Waals surface area contributed by atoms with Gasteiger partial charge in [0.25, 0.3) is 0 Å². The molecule has 0 spiro atoms. The van der Waals surface area contributed by atoms with E-state index in [9.17, 15) is 4.79 Å². The molecule has 1 fully saturated rings. The van der Waals surface area contributed by atoms with E-state index in [-0.39, 0.29) is 11.9 Å². The number of benzene rings is 1. The second-order valence-electron chi connectivity index (χ2n) is 6.31. The summed E-state index contributed by atoms with van der Waals surface area (Å²) in [5, 5.41) is 8.37. The van der Waals surface area contributed by atoms with Crippen LogP contribution in [0.2, 0.25) is 0 Å². The van der Waals surface area contributed by atoms with Crippen molar-refractivity contribution in [3.8, 4) is 11.4 Å². The highest BCUT2D eigenvalue weighted by Crippen LogP contribution is 2.14. The average Bonchev–Trinajstić information content (AvgIpc) is 3.03. The molecule has 9 heteroatoms. The average molecular weight is 378 g/mol. The number of carbonyl (C=O) groups is 1. The van der Waals surface area contributed by atoms with Crippen LogP contribution in [0.4, 0.5) is 0 Å². The van der Waals surface area contributed by atoms with Crippen LogP contribution in [0.5, 0.6) is 5.75 Å². The Morgan fingerprint density at radius 1 is 1.27 bits per heavy atom. The Morgan fingerprint density at radius 2 is 1.96 bits per heavy atom. The standard InChI is InChI=1S/C17H23N5O3S/c1-3-25-16(23)13-8-10-20(11-9-13)12-21-17(26)22(19-18-21)14-4-6-15(24-2)7-5-14/h4-7,13H,3,8-12H2,1-2H3/p+1. The van der Waals surface area contributed by atoms with Crippen LogP contribution >= 0.6 is 12.2 Å². The van der Waals surface area contributed by atoms with Crippen molar-refractivity contribution in [1.29, 1.82) is 0 Å². The van der Waals surface area contributed by atoms with E-state index in [2.05, 4.69) is 10.4 Å². The van der Waals surface area contributed by atoms with E-state index in [0.29, 0.717) is 18.0 Å². The lowest BCUT2D eigenvalue weighted by molar-refractivity contribution is -0.929. The van der Waals surface area contributed by atoms with E-state index in [0.717, 1.165) is 37.4 Å². The third-order valence-electron chi connectivity index (χ3n) is 4.64. The summed E-state index contributed by atoms with van der Waals surface area (Å²) in [5.41, 5.74) is 0.845. The highest BCUT2D eigenvalue weighted by molar-refractivity contribution is 7.71. The third-order valence-corrected chi connectivity index (χ3v) is 5.03. The van der Waals surface area contributed by atoms with Crippen molar-refractivity contribution in [3.63, 3.8) is 0 Å². The Bertz CT molecular complexity index is 793. The van der Waals surface area contributed by atoms with Gasteiger partial charge in [-0.3, -0.25) is 4.79 Å². The predicted molar refractivity (Wildman–Crippen MR) is 96.8 cm³/mol. The van der Waals surface area contributed by atoms with E-state index >= 15 is 0 Å². The number of carbonyl (C=O) groups excluding carboxylic acids is 1. The molecular formula is C17H24N5O3S+. The predicted octanol–water partition coefficient (Wildman–Crippen LogP) is 0.622. The number of methoxy groups -OCH3 is 1. The zero-order valence-corrected chi connectivity index (χ0v) is 15.9. The Hall–Kier alpha value is -2.26. The molecule has 0 aliphatic carbocycles. The van der Waals surface area contributed by atoms with Crippen LogP contribution < -0.4 is 9.64 Å². The highest BCUT2D eigenvalue weighted by Gasteiger charge is 2.28. The molecule has 0 bridgehead atoms. The normalized spacial score (nSPS) is 19.9. The van der Waals surface area contributed by atoms with Crippen molar-refractivity contribution in [2.24, 2.45) is 5.92 Å². The number of hydrogen-bond donors (Lipinski definition) is 1. The number of piperidine rings is 1. The first-order valence-corrected chi connectivity index (χ1v) is 9.20. The van der Waals surface area contributed by atoms with Gasteiger partial charge in [-0.15, -0.1) is 0 Å². The lowest BCUT2D eigenvalue weighted by Gasteiger charge is -2.27. The monoisotopic (exact) mass is 378 g/mol. The van der Waals surface area contributed by atoms with Crippen LogP contribution in [0.25, 0.3) is 5.69 Å². The van der Waals surface area contributed by atoms with Gasteiger partial charge in [-0.1, -0.05) is 0 Å². The minimum absolute atomic E-state index is 0.0154. The fourth-order valence-corrected chi connectivity index (χ4v) is 3.39. The number of ether oxygens (including phenoxy) is 2. The summed E-state index contributed by atoms with van der Waals surface area (Å²) < 4.78 is 14.2. The van der Waals surface area contributed by atoms with Gasteiger partial charge in [0.2, 0.25) is 4.77 Å². The smallest absolute Gasteiger partial charge is 0.309 e. The third kappa shape index (κ3) is 4.10. The summed E-state index contributed by atoms with van der Waals surface area (Å²) in [6.45, 7) is 4.70. The van der Waals surface area contributed by atoms with Crippen LogP contribution in [0, 0.1) is 10.7 Å². The van der Waals surface area contributed by atoms with Crippen molar-refractivity contribution >= 4 is 18.2 Å². The fourth-order valence-electron chi connectivity index (χ4n) is 3.15. The summed E-state index contributed by atoms with van der Waals surface area (Å²) in [5.74, 6) is 0.719. The molecule has 1 aromatic carbocycles. The molecule has 0 saturated carbocycles. The molecule has 2 heterocycles. The number of tetrazole rings is 1. The maximum Gasteiger partial charge on any atom is 0.309 e. The van der Waals surface area contributed by atoms with E-state index in [4.69, 9.17) is 21.7 Å². The lowest BCUT2D eigenvalue weighted by atomic mass is 9.97. The Balaban J connectivity index is 1.62. The first-order chi connectivity index (χ1) is 12.6. The molecule has 1 aromatic heterocycles. The summed E-state index contributed by atoms with van der Waals surface area (Å²) in [6.07, 6.45) is 1.65. The first-order valence-electron chi connectivity index (χ1n) is 8.79. The second-order valence-corrected chi connectivity index (χ2v) is 6.67. The molecule has 0 atom stereocenters. The van der Waals surface area contributed by atoms with Crippen molar-refractivity contribution < 1.29 is 19.2 Å². The molecular weight excluding hydrogens is 354 g/mol. The molecule has 0 amide bonds. The maximum absolute atomic E-state index is 11.8. The molecule has 3 rings (SSSR count). The van der Waals surface area contributed by atoms with Crippen LogP contribution in [-0.2, 0) is 16.2 Å². The molecule has 1 N–H and O–H groups in total. The zero-order valence-electron chi connectivity index (χ0n) is 15.1. The molecule has 1 saturated heterocycles. The number of hydrogen-bond acceptors (Lipinski definition) is 6. The SMILES string of the molecule is CCOC(=O)C1CC[NH+](Cn2nnn(-c3ccc(OC)cc3)c2=S)CC1. The molecule has 0 unspecified atom stereocenters. The van der Waals surface area contributed by atoms with Gasteiger partial charge >= 0.3 is 5.97 Å². The molecule has 2 aromatic rings. The minimum Gasteiger partial charge on any atom is -0.497 e. The summed E-state index contributed by atoms with van der Waals surface area (Å²) in [6, 6.07) is 7.51. The van der Waals surface area contributed by atoms with Gasteiger partial charge in [-0.2, -0.15) is 9.36 Å². The van der Waals surface area contributed by atoms with E-state index < -0.39 is 0 Å². The Labute approximate surface area is 157 Å². The Kier molecular flexibility index (Phi) is 6.00. The van der Waals surface area contributed by atoms with Gasteiger partial charge in [-0.25, -0.2) is 0 Å². The van der Waals surface area contributed by atoms with Gasteiger partial charge in [0.05, 0.1) is 38.4 Å². The van der Waals surface area contributed by atoms with Gasteiger partial charge in [0.1, 0.15) is 5.75 Å². The largest absolute Gasteiger partial charge is 0.497 e. The minimum atomic E-state index is -0.0754. The van der Waals surface area contributed by atoms with E-state index in [1.807, 2.05) is 31.2 Å². The van der Waals surface area contributed by atoms with Crippen LogP contribution in [0.1, 0.15) is 19.8 Å². The maximum atomic E-state index is 11.8. The van der Waals surface area contributed by atoms with Crippen molar-refractivity contribution in [3.05, 3.63) is 29.0 Å². The number of nitrogens with one attached hydrogen (secondary N) is 1. The highest BCUT2D eigenvalue weighted by atomic mass is 32.1. The number of rotatable bonds is 6. The molecule has 0 radical (unpaired) electrons. The topological polar surface area (TPSA) is 75.6 Å². The Morgan fingerprint density at radius 3 is 2.58 bits per heavy atom. The summed E-state index contributed by atoms with van der Waals surface area (Å²) in [4.78, 5) is 13.2. The number of esters is 1. The number of nitrogens with zero attached hydrogens (tertiary/aromatic N) is 4. The van der Waals surface area contributed by atoms with Gasteiger partial charge in [0.15, 0.2) is 6.67 Å². The van der Waals surface area contributed by atoms with Crippen LogP contribution in [-0.4, -0.2) is 52.6 Å². The lowest BCUT2D eigenvalue weighted by Crippen LogP contribution is -3.12. The second kappa shape index (κ2) is 8.41. The molecule has 140 valence electrons. The van der Waals surface area contributed by atoms with Crippen molar-refractivity contribution in [2.45, 2.75) is 26.4 Å². The fraction of sp³-hybridized carbons (Fsp3) is 0.529. The van der Waals surface area contributed by atoms with Crippen molar-refractivity contribution in [2.75, 3.05) is 26.8 Å². The summed E-state index contributed by atoms with van der Waals surface area (Å²) in [7, 11) is 1.63. The summed E-state index contributed by atoms with van der Waals surface area (Å²) >= 11 is 5.52. The first kappa shape index (κ1) is 18.5. The molecule has 1 aliphatic heterocycles. The zero-order chi connectivity index (χ0) is 18.5. The molecule has 26 heavy (non-hydrogen) atoms. The molecule has 8 nitrogen and oxygen atoms in total.